The highest BCUT2D eigenvalue weighted by Crippen LogP contribution is 2.49. The van der Waals surface area contributed by atoms with Crippen LogP contribution in [0.25, 0.3) is 105 Å². The van der Waals surface area contributed by atoms with E-state index in [2.05, 4.69) is 102 Å². The molecule has 11 rings (SSSR count). The number of hydrogen-bond acceptors (Lipinski definition) is 4. The lowest BCUT2D eigenvalue weighted by molar-refractivity contribution is 0.669. The number of rotatable bonds is 2. The minimum atomic E-state index is 0.636. The first-order valence-corrected chi connectivity index (χ1v) is 14.4. The Balaban J connectivity index is 1.42. The molecule has 4 heterocycles. The molecule has 198 valence electrons. The Morgan fingerprint density at radius 3 is 1.63 bits per heavy atom. The van der Waals surface area contributed by atoms with Crippen LogP contribution in [0.1, 0.15) is 0 Å². The summed E-state index contributed by atoms with van der Waals surface area (Å²) in [5.41, 5.74) is 8.45. The molecule has 0 aliphatic rings. The van der Waals surface area contributed by atoms with Crippen molar-refractivity contribution in [1.29, 1.82) is 0 Å². The lowest BCUT2D eigenvalue weighted by Crippen LogP contribution is -2.03. The predicted molar refractivity (Wildman–Crippen MR) is 174 cm³/mol. The highest BCUT2D eigenvalue weighted by Gasteiger charge is 2.26. The lowest BCUT2D eigenvalue weighted by Gasteiger charge is -2.11. The molecule has 5 nitrogen and oxygen atoms in total. The molecule has 11 aromatic rings. The summed E-state index contributed by atoms with van der Waals surface area (Å²) in [6.45, 7) is 0. The molecule has 4 aromatic heterocycles. The first kappa shape index (κ1) is 21.8. The number of para-hydroxylation sites is 1. The fraction of sp³-hybridized carbons (Fsp3) is 0. The standard InChI is InChI=1S/C38H19N3O2/c1-2-8-20(9-3-1)37-23-10-4-5-13-24(23)39-38(40-37)41-25-16-18-29-35-31-21(11-6-14-27(31)42-29)22-12-7-15-28-32(22)36-30(43-28)19-17-26(41)34(36)33(25)35/h1-19H. The molecule has 0 bridgehead atoms. The molecular weight excluding hydrogens is 530 g/mol. The number of benzene rings is 6. The normalized spacial score (nSPS) is 12.7. The number of aromatic nitrogens is 3. The first-order chi connectivity index (χ1) is 21.3. The van der Waals surface area contributed by atoms with Crippen LogP contribution in [0.2, 0.25) is 0 Å². The molecule has 0 saturated carbocycles. The summed E-state index contributed by atoms with van der Waals surface area (Å²) in [5, 5.41) is 10.1. The summed E-state index contributed by atoms with van der Waals surface area (Å²) < 4.78 is 15.2. The molecule has 0 radical (unpaired) electrons. The fourth-order valence-electron chi connectivity index (χ4n) is 7.45. The van der Waals surface area contributed by atoms with Gasteiger partial charge in [0, 0.05) is 43.3 Å². The van der Waals surface area contributed by atoms with Crippen molar-refractivity contribution in [2.75, 3.05) is 0 Å². The van der Waals surface area contributed by atoms with Gasteiger partial charge in [0.25, 0.3) is 0 Å². The molecule has 0 aliphatic carbocycles. The maximum Gasteiger partial charge on any atom is 0.235 e. The SMILES string of the molecule is c1ccc(-c2nc(-n3c4ccc5oc6cccc7c8cccc9oc%10ccc3c(c%10c98)c4c5c67)nc3ccccc23)cc1. The minimum absolute atomic E-state index is 0.636. The minimum Gasteiger partial charge on any atom is -0.456 e. The second-order valence-electron chi connectivity index (χ2n) is 11.3. The summed E-state index contributed by atoms with van der Waals surface area (Å²) in [6, 6.07) is 39.8. The van der Waals surface area contributed by atoms with Gasteiger partial charge in [0.05, 0.1) is 22.2 Å². The number of nitrogens with zero attached hydrogens (tertiary/aromatic N) is 3. The predicted octanol–water partition coefficient (Wildman–Crippen LogP) is 10.2. The van der Waals surface area contributed by atoms with E-state index in [4.69, 9.17) is 18.8 Å². The van der Waals surface area contributed by atoms with Crippen molar-refractivity contribution in [2.45, 2.75) is 0 Å². The zero-order valence-corrected chi connectivity index (χ0v) is 22.6. The van der Waals surface area contributed by atoms with Gasteiger partial charge in [0.2, 0.25) is 5.95 Å². The van der Waals surface area contributed by atoms with Crippen LogP contribution >= 0.6 is 0 Å². The van der Waals surface area contributed by atoms with E-state index in [1.54, 1.807) is 0 Å². The Morgan fingerprint density at radius 1 is 0.419 bits per heavy atom. The van der Waals surface area contributed by atoms with Gasteiger partial charge in [0.15, 0.2) is 0 Å². The second-order valence-corrected chi connectivity index (χ2v) is 11.3. The van der Waals surface area contributed by atoms with Crippen molar-refractivity contribution in [3.05, 3.63) is 115 Å². The van der Waals surface area contributed by atoms with Gasteiger partial charge in [-0.1, -0.05) is 72.8 Å². The third-order valence-electron chi connectivity index (χ3n) is 9.14. The average molecular weight is 550 g/mol. The van der Waals surface area contributed by atoms with E-state index in [-0.39, 0.29) is 0 Å². The van der Waals surface area contributed by atoms with Gasteiger partial charge in [-0.2, -0.15) is 0 Å². The molecular formula is C38H19N3O2. The summed E-state index contributed by atoms with van der Waals surface area (Å²) in [6.07, 6.45) is 0. The summed E-state index contributed by atoms with van der Waals surface area (Å²) in [4.78, 5) is 10.5. The molecule has 0 N–H and O–H groups in total. The van der Waals surface area contributed by atoms with Crippen LogP contribution in [0.4, 0.5) is 0 Å². The Hall–Kier alpha value is -5.94. The quantitative estimate of drug-likeness (QED) is 0.215. The van der Waals surface area contributed by atoms with Crippen LogP contribution in [0.3, 0.4) is 0 Å². The zero-order valence-electron chi connectivity index (χ0n) is 22.6. The molecule has 0 fully saturated rings. The van der Waals surface area contributed by atoms with Crippen LogP contribution in [0, 0.1) is 0 Å². The van der Waals surface area contributed by atoms with Gasteiger partial charge < -0.3 is 8.83 Å². The average Bonchev–Trinajstić information content (AvgIpc) is 3.72. The number of furan rings is 2. The highest BCUT2D eigenvalue weighted by molar-refractivity contribution is 6.41. The van der Waals surface area contributed by atoms with Crippen molar-refractivity contribution in [1.82, 2.24) is 14.5 Å². The zero-order chi connectivity index (χ0) is 27.8. The third-order valence-corrected chi connectivity index (χ3v) is 9.14. The highest BCUT2D eigenvalue weighted by atomic mass is 16.3. The lowest BCUT2D eigenvalue weighted by atomic mass is 9.95. The third kappa shape index (κ3) is 2.59. The Bertz CT molecular complexity index is 2750. The van der Waals surface area contributed by atoms with Gasteiger partial charge in [-0.05, 0) is 53.2 Å². The Labute approximate surface area is 242 Å². The number of fused-ring (bicyclic) bond motifs is 2. The van der Waals surface area contributed by atoms with E-state index in [1.807, 2.05) is 18.2 Å². The van der Waals surface area contributed by atoms with Crippen LogP contribution in [0.5, 0.6) is 0 Å². The molecule has 5 heteroatoms. The van der Waals surface area contributed by atoms with Crippen LogP contribution in [0.15, 0.2) is 124 Å². The van der Waals surface area contributed by atoms with Crippen molar-refractivity contribution in [2.24, 2.45) is 0 Å². The fourth-order valence-corrected chi connectivity index (χ4v) is 7.45. The summed E-state index contributed by atoms with van der Waals surface area (Å²) in [7, 11) is 0. The number of hydrogen-bond donors (Lipinski definition) is 0. The topological polar surface area (TPSA) is 57.0 Å². The van der Waals surface area contributed by atoms with Gasteiger partial charge in [0.1, 0.15) is 22.3 Å². The Kier molecular flexibility index (Phi) is 3.78. The molecule has 0 unspecified atom stereocenters. The molecule has 7 aromatic carbocycles. The van der Waals surface area contributed by atoms with E-state index >= 15 is 0 Å². The van der Waals surface area contributed by atoms with E-state index in [0.29, 0.717) is 5.95 Å². The maximum atomic E-state index is 6.51. The van der Waals surface area contributed by atoms with Crippen LogP contribution in [-0.4, -0.2) is 14.5 Å². The molecule has 0 spiro atoms. The second kappa shape index (κ2) is 7.46. The van der Waals surface area contributed by atoms with Crippen LogP contribution < -0.4 is 0 Å². The molecule has 0 amide bonds. The Morgan fingerprint density at radius 2 is 0.977 bits per heavy atom. The monoisotopic (exact) mass is 549 g/mol. The van der Waals surface area contributed by atoms with Crippen LogP contribution in [-0.2, 0) is 0 Å². The molecule has 0 aliphatic heterocycles. The first-order valence-electron chi connectivity index (χ1n) is 14.4. The largest absolute Gasteiger partial charge is 0.456 e. The van der Waals surface area contributed by atoms with E-state index in [1.165, 1.54) is 0 Å². The smallest absolute Gasteiger partial charge is 0.235 e. The van der Waals surface area contributed by atoms with Gasteiger partial charge in [-0.15, -0.1) is 0 Å². The van der Waals surface area contributed by atoms with E-state index in [0.717, 1.165) is 98.6 Å². The summed E-state index contributed by atoms with van der Waals surface area (Å²) >= 11 is 0. The van der Waals surface area contributed by atoms with Gasteiger partial charge in [-0.25, -0.2) is 9.97 Å². The van der Waals surface area contributed by atoms with E-state index < -0.39 is 0 Å². The van der Waals surface area contributed by atoms with Crippen molar-refractivity contribution in [3.63, 3.8) is 0 Å². The van der Waals surface area contributed by atoms with Gasteiger partial charge in [-0.3, -0.25) is 4.57 Å². The maximum absolute atomic E-state index is 6.51. The molecule has 0 saturated heterocycles. The molecule has 0 atom stereocenters. The van der Waals surface area contributed by atoms with Crippen molar-refractivity contribution < 1.29 is 8.83 Å². The van der Waals surface area contributed by atoms with E-state index in [9.17, 15) is 0 Å². The summed E-state index contributed by atoms with van der Waals surface area (Å²) in [5.74, 6) is 0.636. The van der Waals surface area contributed by atoms with Gasteiger partial charge >= 0.3 is 0 Å². The van der Waals surface area contributed by atoms with Crippen molar-refractivity contribution >= 4 is 87.4 Å². The van der Waals surface area contributed by atoms with Crippen molar-refractivity contribution in [3.8, 4) is 17.2 Å². The molecule has 43 heavy (non-hydrogen) atoms.